The van der Waals surface area contributed by atoms with Crippen LogP contribution in [0.3, 0.4) is 0 Å². The van der Waals surface area contributed by atoms with Gasteiger partial charge in [0.25, 0.3) is 0 Å². The zero-order chi connectivity index (χ0) is 29.6. The molecule has 4 fully saturated rings. The van der Waals surface area contributed by atoms with Gasteiger partial charge in [-0.15, -0.1) is 0 Å². The van der Waals surface area contributed by atoms with E-state index in [0.29, 0.717) is 6.10 Å². The first-order valence-corrected chi connectivity index (χ1v) is 17.3. The molecule has 3 heterocycles. The molecule has 43 heavy (non-hydrogen) atoms. The van der Waals surface area contributed by atoms with Gasteiger partial charge < -0.3 is 9.64 Å². The van der Waals surface area contributed by atoms with Gasteiger partial charge in [0.05, 0.1) is 6.10 Å². The predicted octanol–water partition coefficient (Wildman–Crippen LogP) is 7.27. The van der Waals surface area contributed by atoms with Crippen LogP contribution in [0, 0.1) is 11.8 Å². The van der Waals surface area contributed by atoms with Crippen LogP contribution in [0.15, 0.2) is 60.7 Å². The summed E-state index contributed by atoms with van der Waals surface area (Å²) in [5.41, 5.74) is 2.89. The molecule has 3 saturated heterocycles. The fraction of sp³-hybridized carbons (Fsp3) is 0.684. The summed E-state index contributed by atoms with van der Waals surface area (Å²) in [5, 5.41) is 0. The van der Waals surface area contributed by atoms with Gasteiger partial charge in [-0.3, -0.25) is 14.7 Å². The topological polar surface area (TPSA) is 22.2 Å². The minimum absolute atomic E-state index is 0. The van der Waals surface area contributed by atoms with Gasteiger partial charge in [-0.1, -0.05) is 102 Å². The van der Waals surface area contributed by atoms with E-state index in [-0.39, 0.29) is 7.43 Å². The molecule has 3 atom stereocenters. The van der Waals surface area contributed by atoms with Crippen molar-refractivity contribution in [1.82, 2.24) is 19.6 Å². The second kappa shape index (κ2) is 19.6. The Balaban J connectivity index is 0.000000219. The van der Waals surface area contributed by atoms with E-state index in [9.17, 15) is 0 Å². The van der Waals surface area contributed by atoms with Crippen LogP contribution in [0.25, 0.3) is 0 Å². The van der Waals surface area contributed by atoms with Crippen LogP contribution >= 0.6 is 0 Å². The van der Waals surface area contributed by atoms with E-state index in [4.69, 9.17) is 4.74 Å². The molecule has 1 aliphatic carbocycles. The lowest BCUT2D eigenvalue weighted by molar-refractivity contribution is 0.0370. The highest BCUT2D eigenvalue weighted by molar-refractivity contribution is 5.15. The van der Waals surface area contributed by atoms with Gasteiger partial charge in [0.15, 0.2) is 0 Å². The molecule has 1 saturated carbocycles. The highest BCUT2D eigenvalue weighted by atomic mass is 16.5. The zero-order valence-electron chi connectivity index (χ0n) is 27.3. The largest absolute Gasteiger partial charge is 0.377 e. The number of benzene rings is 2. The molecule has 3 unspecified atom stereocenters. The number of nitrogens with zero attached hydrogens (tertiary/aromatic N) is 4. The van der Waals surface area contributed by atoms with Gasteiger partial charge in [0.1, 0.15) is 0 Å². The number of hydrogen-bond donors (Lipinski definition) is 0. The standard InChI is InChI=1S/C19H30N2.C16H24N2O.C2H6.CH4/c1-3-16(2)19-15-20(13-18-9-10-18)11-12-21(19)14-17-7-5-4-6-8-17;1-2-5-15(6-3-1)13-17-8-10-18(11-9-17)14-16-7-4-12-19-16;1-2;/h4-8,16,18-19H,3,9-15H2,1-2H3;1-3,5-6,16H,4,7-14H2;1-2H3;1H4. The normalized spacial score (nSPS) is 24.2. The summed E-state index contributed by atoms with van der Waals surface area (Å²) in [7, 11) is 0. The summed E-state index contributed by atoms with van der Waals surface area (Å²) in [6, 6.07) is 22.5. The number of ether oxygens (including phenoxy) is 1. The van der Waals surface area contributed by atoms with E-state index in [2.05, 4.69) is 94.1 Å². The molecule has 0 aromatic heterocycles. The van der Waals surface area contributed by atoms with E-state index >= 15 is 0 Å². The molecule has 2 aromatic carbocycles. The number of piperazine rings is 2. The van der Waals surface area contributed by atoms with Gasteiger partial charge in [-0.2, -0.15) is 0 Å². The Bertz CT molecular complexity index is 954. The first-order chi connectivity index (χ1) is 20.7. The van der Waals surface area contributed by atoms with Crippen LogP contribution in [0.1, 0.15) is 78.4 Å². The third-order valence-electron chi connectivity index (χ3n) is 9.56. The molecule has 0 amide bonds. The van der Waals surface area contributed by atoms with Crippen LogP contribution in [0.2, 0.25) is 0 Å². The third kappa shape index (κ3) is 12.3. The lowest BCUT2D eigenvalue weighted by Gasteiger charge is -2.44. The highest BCUT2D eigenvalue weighted by Crippen LogP contribution is 2.31. The highest BCUT2D eigenvalue weighted by Gasteiger charge is 2.33. The fourth-order valence-corrected chi connectivity index (χ4v) is 6.61. The zero-order valence-corrected chi connectivity index (χ0v) is 27.3. The smallest absolute Gasteiger partial charge is 0.0702 e. The van der Waals surface area contributed by atoms with Crippen molar-refractivity contribution in [3.63, 3.8) is 0 Å². The Labute approximate surface area is 265 Å². The predicted molar refractivity (Wildman–Crippen MR) is 184 cm³/mol. The Morgan fingerprint density at radius 1 is 0.721 bits per heavy atom. The minimum Gasteiger partial charge on any atom is -0.377 e. The van der Waals surface area contributed by atoms with Gasteiger partial charge >= 0.3 is 0 Å². The van der Waals surface area contributed by atoms with Crippen LogP contribution in [0.4, 0.5) is 0 Å². The van der Waals surface area contributed by atoms with Crippen molar-refractivity contribution in [2.24, 2.45) is 11.8 Å². The van der Waals surface area contributed by atoms with Gasteiger partial charge in [-0.05, 0) is 48.6 Å². The maximum atomic E-state index is 5.72. The Morgan fingerprint density at radius 2 is 1.30 bits per heavy atom. The molecule has 3 aliphatic heterocycles. The van der Waals surface area contributed by atoms with Crippen molar-refractivity contribution >= 4 is 0 Å². The first kappa shape index (κ1) is 35.7. The fourth-order valence-electron chi connectivity index (χ4n) is 6.61. The van der Waals surface area contributed by atoms with E-state index in [0.717, 1.165) is 44.1 Å². The third-order valence-corrected chi connectivity index (χ3v) is 9.56. The van der Waals surface area contributed by atoms with Crippen molar-refractivity contribution < 1.29 is 4.74 Å². The summed E-state index contributed by atoms with van der Waals surface area (Å²) in [6.45, 7) is 23.0. The van der Waals surface area contributed by atoms with Crippen LogP contribution in [-0.4, -0.2) is 97.3 Å². The van der Waals surface area contributed by atoms with Crippen molar-refractivity contribution in [2.45, 2.75) is 92.5 Å². The van der Waals surface area contributed by atoms with Crippen LogP contribution in [-0.2, 0) is 17.8 Å². The molecule has 0 radical (unpaired) electrons. The minimum atomic E-state index is 0. The summed E-state index contributed by atoms with van der Waals surface area (Å²) in [4.78, 5) is 10.6. The Kier molecular flexibility index (Phi) is 16.3. The van der Waals surface area contributed by atoms with Gasteiger partial charge in [0, 0.05) is 84.6 Å². The van der Waals surface area contributed by atoms with Gasteiger partial charge in [0.2, 0.25) is 0 Å². The second-order valence-corrected chi connectivity index (χ2v) is 12.8. The summed E-state index contributed by atoms with van der Waals surface area (Å²) >= 11 is 0. The maximum Gasteiger partial charge on any atom is 0.0702 e. The molecule has 5 nitrogen and oxygen atoms in total. The Morgan fingerprint density at radius 3 is 1.86 bits per heavy atom. The summed E-state index contributed by atoms with van der Waals surface area (Å²) in [6.07, 6.45) is 7.23. The SMILES string of the molecule is C.CC.CCC(C)C1CN(CC2CC2)CCN1Cc1ccccc1.c1ccc(CN2CCN(CC3CCCO3)CC2)cc1. The quantitative estimate of drug-likeness (QED) is 0.289. The molecule has 242 valence electrons. The van der Waals surface area contributed by atoms with Crippen LogP contribution < -0.4 is 0 Å². The average molecular weight is 593 g/mol. The lowest BCUT2D eigenvalue weighted by atomic mass is 9.94. The Hall–Kier alpha value is -1.76. The molecular formula is C38H64N4O. The van der Waals surface area contributed by atoms with E-state index in [1.807, 2.05) is 13.8 Å². The second-order valence-electron chi connectivity index (χ2n) is 12.8. The van der Waals surface area contributed by atoms with Crippen molar-refractivity contribution in [3.05, 3.63) is 71.8 Å². The van der Waals surface area contributed by atoms with Crippen molar-refractivity contribution in [3.8, 4) is 0 Å². The molecule has 4 aliphatic rings. The molecular weight excluding hydrogens is 528 g/mol. The van der Waals surface area contributed by atoms with Crippen molar-refractivity contribution in [2.75, 3.05) is 65.5 Å². The number of rotatable bonds is 10. The van der Waals surface area contributed by atoms with E-state index < -0.39 is 0 Å². The summed E-state index contributed by atoms with van der Waals surface area (Å²) < 4.78 is 5.72. The lowest BCUT2D eigenvalue weighted by Crippen LogP contribution is -2.55. The molecule has 6 rings (SSSR count). The monoisotopic (exact) mass is 593 g/mol. The van der Waals surface area contributed by atoms with Crippen LogP contribution in [0.5, 0.6) is 0 Å². The first-order valence-electron chi connectivity index (χ1n) is 17.3. The number of hydrogen-bond acceptors (Lipinski definition) is 5. The average Bonchev–Trinajstić information content (AvgIpc) is 3.71. The molecule has 0 bridgehead atoms. The van der Waals surface area contributed by atoms with Gasteiger partial charge in [-0.25, -0.2) is 0 Å². The molecule has 2 aromatic rings. The van der Waals surface area contributed by atoms with E-state index in [1.165, 1.54) is 95.6 Å². The molecule has 5 heteroatoms. The maximum absolute atomic E-state index is 5.72. The van der Waals surface area contributed by atoms with E-state index in [1.54, 1.807) is 0 Å². The van der Waals surface area contributed by atoms with Crippen molar-refractivity contribution in [1.29, 1.82) is 0 Å². The summed E-state index contributed by atoms with van der Waals surface area (Å²) in [5.74, 6) is 1.80. The molecule has 0 N–H and O–H groups in total. The molecule has 0 spiro atoms.